The van der Waals surface area contributed by atoms with E-state index < -0.39 is 0 Å². The van der Waals surface area contributed by atoms with Crippen LogP contribution in [0.1, 0.15) is 19.8 Å². The van der Waals surface area contributed by atoms with Crippen LogP contribution in [-0.4, -0.2) is 30.5 Å². The third kappa shape index (κ3) is 3.88. The third-order valence-corrected chi connectivity index (χ3v) is 3.44. The standard InChI is InChI=1S/C10H20N2OS/c1-7(6-14-2)10(13)12-5-9(11)8-3-4-8/h7-9H,3-6,11H2,1-2H3,(H,12,13). The highest BCUT2D eigenvalue weighted by Gasteiger charge is 2.28. The first-order chi connectivity index (χ1) is 6.65. The number of thioether (sulfide) groups is 1. The molecule has 14 heavy (non-hydrogen) atoms. The molecule has 3 nitrogen and oxygen atoms in total. The second-order valence-corrected chi connectivity index (χ2v) is 5.01. The Kier molecular flexibility index (Phi) is 4.75. The van der Waals surface area contributed by atoms with Crippen LogP contribution in [0.2, 0.25) is 0 Å². The first kappa shape index (κ1) is 11.9. The van der Waals surface area contributed by atoms with Gasteiger partial charge in [0, 0.05) is 24.3 Å². The molecule has 0 bridgehead atoms. The molecule has 1 aliphatic rings. The Morgan fingerprint density at radius 1 is 1.64 bits per heavy atom. The van der Waals surface area contributed by atoms with Crippen LogP contribution in [0, 0.1) is 11.8 Å². The van der Waals surface area contributed by atoms with Gasteiger partial charge in [0.05, 0.1) is 0 Å². The Labute approximate surface area is 90.2 Å². The van der Waals surface area contributed by atoms with Crippen molar-refractivity contribution in [3.05, 3.63) is 0 Å². The summed E-state index contributed by atoms with van der Waals surface area (Å²) in [5, 5.41) is 2.91. The molecule has 2 unspecified atom stereocenters. The van der Waals surface area contributed by atoms with Crippen molar-refractivity contribution < 1.29 is 4.79 Å². The van der Waals surface area contributed by atoms with E-state index in [0.717, 1.165) is 5.75 Å². The number of carbonyl (C=O) groups excluding carboxylic acids is 1. The minimum atomic E-state index is 0.0939. The van der Waals surface area contributed by atoms with Crippen LogP contribution in [0.5, 0.6) is 0 Å². The van der Waals surface area contributed by atoms with E-state index in [9.17, 15) is 4.79 Å². The number of hydrogen-bond donors (Lipinski definition) is 2. The van der Waals surface area contributed by atoms with Crippen molar-refractivity contribution in [2.24, 2.45) is 17.6 Å². The van der Waals surface area contributed by atoms with E-state index in [-0.39, 0.29) is 17.9 Å². The summed E-state index contributed by atoms with van der Waals surface area (Å²) in [5.74, 6) is 1.77. The molecule has 1 saturated carbocycles. The molecule has 3 N–H and O–H groups in total. The van der Waals surface area contributed by atoms with E-state index >= 15 is 0 Å². The molecule has 0 radical (unpaired) electrons. The number of carbonyl (C=O) groups is 1. The lowest BCUT2D eigenvalue weighted by molar-refractivity contribution is -0.123. The van der Waals surface area contributed by atoms with Crippen LogP contribution >= 0.6 is 11.8 Å². The van der Waals surface area contributed by atoms with Gasteiger partial charge in [0.15, 0.2) is 0 Å². The van der Waals surface area contributed by atoms with Crippen molar-refractivity contribution in [3.8, 4) is 0 Å². The summed E-state index contributed by atoms with van der Waals surface area (Å²) >= 11 is 1.70. The Balaban J connectivity index is 2.12. The summed E-state index contributed by atoms with van der Waals surface area (Å²) in [6.07, 6.45) is 4.48. The molecule has 0 aromatic rings. The van der Waals surface area contributed by atoms with Gasteiger partial charge in [0.2, 0.25) is 5.91 Å². The molecule has 1 rings (SSSR count). The van der Waals surface area contributed by atoms with Gasteiger partial charge in [-0.15, -0.1) is 0 Å². The second-order valence-electron chi connectivity index (χ2n) is 4.10. The highest BCUT2D eigenvalue weighted by atomic mass is 32.2. The molecule has 1 aliphatic carbocycles. The zero-order valence-electron chi connectivity index (χ0n) is 8.95. The van der Waals surface area contributed by atoms with E-state index in [0.29, 0.717) is 12.5 Å². The van der Waals surface area contributed by atoms with E-state index in [1.165, 1.54) is 12.8 Å². The van der Waals surface area contributed by atoms with E-state index in [2.05, 4.69) is 5.32 Å². The Morgan fingerprint density at radius 2 is 2.29 bits per heavy atom. The molecule has 0 heterocycles. The molecule has 1 fully saturated rings. The summed E-state index contributed by atoms with van der Waals surface area (Å²) < 4.78 is 0. The smallest absolute Gasteiger partial charge is 0.223 e. The van der Waals surface area contributed by atoms with Crippen molar-refractivity contribution in [1.29, 1.82) is 0 Å². The van der Waals surface area contributed by atoms with Gasteiger partial charge in [-0.25, -0.2) is 0 Å². The largest absolute Gasteiger partial charge is 0.354 e. The lowest BCUT2D eigenvalue weighted by atomic mass is 10.1. The monoisotopic (exact) mass is 216 g/mol. The minimum absolute atomic E-state index is 0.0939. The highest BCUT2D eigenvalue weighted by molar-refractivity contribution is 7.98. The van der Waals surface area contributed by atoms with Crippen LogP contribution < -0.4 is 11.1 Å². The summed E-state index contributed by atoms with van der Waals surface area (Å²) in [4.78, 5) is 11.5. The number of hydrogen-bond acceptors (Lipinski definition) is 3. The van der Waals surface area contributed by atoms with Crippen molar-refractivity contribution in [2.45, 2.75) is 25.8 Å². The molecular formula is C10H20N2OS. The lowest BCUT2D eigenvalue weighted by Gasteiger charge is -2.14. The zero-order valence-corrected chi connectivity index (χ0v) is 9.77. The number of rotatable bonds is 6. The van der Waals surface area contributed by atoms with Gasteiger partial charge in [-0.3, -0.25) is 4.79 Å². The van der Waals surface area contributed by atoms with Gasteiger partial charge >= 0.3 is 0 Å². The van der Waals surface area contributed by atoms with Gasteiger partial charge in [0.25, 0.3) is 0 Å². The predicted octanol–water partition coefficient (Wildman–Crippen LogP) is 0.839. The molecular weight excluding hydrogens is 196 g/mol. The van der Waals surface area contributed by atoms with E-state index in [1.807, 2.05) is 13.2 Å². The Morgan fingerprint density at radius 3 is 2.79 bits per heavy atom. The fourth-order valence-corrected chi connectivity index (χ4v) is 2.06. The SMILES string of the molecule is CSCC(C)C(=O)NCC(N)C1CC1. The second kappa shape index (κ2) is 5.61. The quantitative estimate of drug-likeness (QED) is 0.692. The maximum Gasteiger partial charge on any atom is 0.223 e. The van der Waals surface area contributed by atoms with E-state index in [4.69, 9.17) is 5.73 Å². The van der Waals surface area contributed by atoms with Crippen LogP contribution in [0.25, 0.3) is 0 Å². The van der Waals surface area contributed by atoms with Gasteiger partial charge in [-0.1, -0.05) is 6.92 Å². The summed E-state index contributed by atoms with van der Waals surface area (Å²) in [6.45, 7) is 2.59. The van der Waals surface area contributed by atoms with Crippen molar-refractivity contribution >= 4 is 17.7 Å². The Hall–Kier alpha value is -0.220. The predicted molar refractivity (Wildman–Crippen MR) is 61.3 cm³/mol. The molecule has 2 atom stereocenters. The van der Waals surface area contributed by atoms with Gasteiger partial charge in [-0.05, 0) is 25.0 Å². The summed E-state index contributed by atoms with van der Waals surface area (Å²) in [7, 11) is 0. The summed E-state index contributed by atoms with van der Waals surface area (Å²) in [5.41, 5.74) is 5.88. The number of amides is 1. The average molecular weight is 216 g/mol. The first-order valence-electron chi connectivity index (χ1n) is 5.17. The maximum atomic E-state index is 11.5. The van der Waals surface area contributed by atoms with Crippen molar-refractivity contribution in [1.82, 2.24) is 5.32 Å². The minimum Gasteiger partial charge on any atom is -0.354 e. The molecule has 0 aromatic carbocycles. The molecule has 4 heteroatoms. The fourth-order valence-electron chi connectivity index (χ4n) is 1.41. The van der Waals surface area contributed by atoms with Gasteiger partial charge in [-0.2, -0.15) is 11.8 Å². The third-order valence-electron chi connectivity index (χ3n) is 2.60. The van der Waals surface area contributed by atoms with Gasteiger partial charge in [0.1, 0.15) is 0 Å². The molecule has 1 amide bonds. The molecule has 0 aliphatic heterocycles. The topological polar surface area (TPSA) is 55.1 Å². The van der Waals surface area contributed by atoms with Gasteiger partial charge < -0.3 is 11.1 Å². The van der Waals surface area contributed by atoms with Crippen molar-refractivity contribution in [3.63, 3.8) is 0 Å². The van der Waals surface area contributed by atoms with Crippen LogP contribution in [0.3, 0.4) is 0 Å². The van der Waals surface area contributed by atoms with Crippen LogP contribution in [-0.2, 0) is 4.79 Å². The Bertz CT molecular complexity index is 195. The summed E-state index contributed by atoms with van der Waals surface area (Å²) in [6, 6.07) is 0.167. The molecule has 82 valence electrons. The first-order valence-corrected chi connectivity index (χ1v) is 6.56. The lowest BCUT2D eigenvalue weighted by Crippen LogP contribution is -2.41. The molecule has 0 aromatic heterocycles. The highest BCUT2D eigenvalue weighted by Crippen LogP contribution is 2.31. The van der Waals surface area contributed by atoms with Crippen LogP contribution in [0.4, 0.5) is 0 Å². The average Bonchev–Trinajstić information content (AvgIpc) is 2.97. The maximum absolute atomic E-state index is 11.5. The van der Waals surface area contributed by atoms with E-state index in [1.54, 1.807) is 11.8 Å². The number of nitrogens with one attached hydrogen (secondary N) is 1. The van der Waals surface area contributed by atoms with Crippen LogP contribution in [0.15, 0.2) is 0 Å². The fraction of sp³-hybridized carbons (Fsp3) is 0.900. The number of nitrogens with two attached hydrogens (primary N) is 1. The molecule has 0 spiro atoms. The van der Waals surface area contributed by atoms with Crippen molar-refractivity contribution in [2.75, 3.05) is 18.6 Å². The zero-order chi connectivity index (χ0) is 10.6. The normalized spacial score (nSPS) is 20.2. The molecule has 0 saturated heterocycles.